The molecule has 1 unspecified atom stereocenters. The smallest absolute Gasteiger partial charge is 0.257 e. The largest absolute Gasteiger partial charge is 0.337 e. The van der Waals surface area contributed by atoms with Crippen molar-refractivity contribution in [2.75, 3.05) is 26.2 Å². The van der Waals surface area contributed by atoms with Crippen LogP contribution in [0, 0.1) is 0 Å². The van der Waals surface area contributed by atoms with Gasteiger partial charge in [-0.25, -0.2) is 4.98 Å². The molecule has 2 saturated heterocycles. The molecular formula is C17H22N4O2. The second kappa shape index (κ2) is 5.92. The van der Waals surface area contributed by atoms with Gasteiger partial charge >= 0.3 is 0 Å². The molecule has 4 heterocycles. The van der Waals surface area contributed by atoms with Gasteiger partial charge in [0, 0.05) is 25.3 Å². The number of aromatic nitrogens is 2. The Balaban J connectivity index is 1.52. The van der Waals surface area contributed by atoms with Crippen molar-refractivity contribution in [3.8, 4) is 0 Å². The van der Waals surface area contributed by atoms with Gasteiger partial charge < -0.3 is 9.42 Å². The maximum atomic E-state index is 12.8. The van der Waals surface area contributed by atoms with Crippen LogP contribution in [0.4, 0.5) is 0 Å². The van der Waals surface area contributed by atoms with Crippen molar-refractivity contribution in [3.63, 3.8) is 0 Å². The second-order valence-electron chi connectivity index (χ2n) is 6.50. The highest BCUT2D eigenvalue weighted by molar-refractivity contribution is 5.97. The van der Waals surface area contributed by atoms with Gasteiger partial charge in [-0.15, -0.1) is 0 Å². The fourth-order valence-corrected chi connectivity index (χ4v) is 3.76. The summed E-state index contributed by atoms with van der Waals surface area (Å²) < 4.78 is 5.19. The number of hydrogen-bond acceptors (Lipinski definition) is 5. The molecule has 2 aromatic rings. The normalized spacial score (nSPS) is 22.3. The maximum Gasteiger partial charge on any atom is 0.257 e. The number of carbonyl (C=O) groups excluding carboxylic acids is 1. The molecule has 0 bridgehead atoms. The Kier molecular flexibility index (Phi) is 3.77. The quantitative estimate of drug-likeness (QED) is 0.868. The van der Waals surface area contributed by atoms with Crippen LogP contribution in [0.15, 0.2) is 16.8 Å². The fraction of sp³-hybridized carbons (Fsp3) is 0.588. The Bertz CT molecular complexity index is 720. The van der Waals surface area contributed by atoms with Gasteiger partial charge in [-0.2, -0.15) is 0 Å². The molecule has 6 heteroatoms. The van der Waals surface area contributed by atoms with Gasteiger partial charge in [0.2, 0.25) is 0 Å². The van der Waals surface area contributed by atoms with E-state index in [0.29, 0.717) is 17.3 Å². The lowest BCUT2D eigenvalue weighted by Crippen LogP contribution is -2.37. The number of pyridine rings is 1. The number of likely N-dealkylation sites (tertiary alicyclic amines) is 2. The monoisotopic (exact) mass is 314 g/mol. The summed E-state index contributed by atoms with van der Waals surface area (Å²) in [4.78, 5) is 21.5. The molecule has 1 atom stereocenters. The lowest BCUT2D eigenvalue weighted by Gasteiger charge is -2.23. The highest BCUT2D eigenvalue weighted by atomic mass is 16.5. The Labute approximate surface area is 135 Å². The summed E-state index contributed by atoms with van der Waals surface area (Å²) in [6, 6.07) is 2.41. The maximum absolute atomic E-state index is 12.8. The molecular weight excluding hydrogens is 292 g/mol. The lowest BCUT2D eigenvalue weighted by molar-refractivity contribution is 0.0780. The van der Waals surface area contributed by atoms with E-state index in [1.807, 2.05) is 17.9 Å². The molecule has 0 radical (unpaired) electrons. The summed E-state index contributed by atoms with van der Waals surface area (Å²) in [6.45, 7) is 6.05. The van der Waals surface area contributed by atoms with Crippen molar-refractivity contribution >= 4 is 17.0 Å². The van der Waals surface area contributed by atoms with E-state index in [0.717, 1.165) is 37.0 Å². The highest BCUT2D eigenvalue weighted by Crippen LogP contribution is 2.23. The van der Waals surface area contributed by atoms with E-state index in [-0.39, 0.29) is 5.91 Å². The molecule has 2 aliphatic rings. The van der Waals surface area contributed by atoms with Crippen molar-refractivity contribution in [2.24, 2.45) is 0 Å². The first-order chi connectivity index (χ1) is 11.3. The molecule has 0 saturated carbocycles. The number of hydrogen-bond donors (Lipinski definition) is 0. The Morgan fingerprint density at radius 3 is 2.96 bits per heavy atom. The number of amides is 1. The van der Waals surface area contributed by atoms with Gasteiger partial charge in [0.1, 0.15) is 0 Å². The third-order valence-corrected chi connectivity index (χ3v) is 5.09. The third-order valence-electron chi connectivity index (χ3n) is 5.09. The minimum atomic E-state index is 0.0735. The third kappa shape index (κ3) is 2.61. The molecule has 0 spiro atoms. The highest BCUT2D eigenvalue weighted by Gasteiger charge is 2.32. The summed E-state index contributed by atoms with van der Waals surface area (Å²) in [5.74, 6) is 0.0735. The summed E-state index contributed by atoms with van der Waals surface area (Å²) in [7, 11) is 0. The van der Waals surface area contributed by atoms with Crippen molar-refractivity contribution in [2.45, 2.75) is 38.6 Å². The Morgan fingerprint density at radius 2 is 2.17 bits per heavy atom. The summed E-state index contributed by atoms with van der Waals surface area (Å²) in [5.41, 5.74) is 2.01. The van der Waals surface area contributed by atoms with Gasteiger partial charge in [-0.05, 0) is 44.8 Å². The average Bonchev–Trinajstić information content (AvgIpc) is 3.31. The van der Waals surface area contributed by atoms with Crippen LogP contribution < -0.4 is 0 Å². The van der Waals surface area contributed by atoms with Crippen LogP contribution in [0.25, 0.3) is 11.1 Å². The average molecular weight is 314 g/mol. The fourth-order valence-electron chi connectivity index (χ4n) is 3.76. The zero-order valence-corrected chi connectivity index (χ0v) is 13.5. The Morgan fingerprint density at radius 1 is 1.35 bits per heavy atom. The van der Waals surface area contributed by atoms with Crippen LogP contribution in [0.2, 0.25) is 0 Å². The Hall–Kier alpha value is -1.95. The van der Waals surface area contributed by atoms with Crippen molar-refractivity contribution in [3.05, 3.63) is 23.5 Å². The molecule has 2 aliphatic heterocycles. The SMILES string of the molecule is CCc1noc2ncc(C(=O)N3CCC(N4CCCC4)C3)cc12. The van der Waals surface area contributed by atoms with Crippen LogP contribution in [-0.2, 0) is 6.42 Å². The van der Waals surface area contributed by atoms with Crippen LogP contribution in [0.3, 0.4) is 0 Å². The number of fused-ring (bicyclic) bond motifs is 1. The molecule has 6 nitrogen and oxygen atoms in total. The summed E-state index contributed by atoms with van der Waals surface area (Å²) >= 11 is 0. The standard InChI is InChI=1S/C17H22N4O2/c1-2-15-14-9-12(10-18-16(14)23-19-15)17(22)21-8-5-13(11-21)20-6-3-4-7-20/h9-10,13H,2-8,11H2,1H3. The molecule has 1 amide bonds. The second-order valence-corrected chi connectivity index (χ2v) is 6.50. The topological polar surface area (TPSA) is 62.5 Å². The summed E-state index contributed by atoms with van der Waals surface area (Å²) in [6.07, 6.45) is 6.04. The first-order valence-corrected chi connectivity index (χ1v) is 8.54. The van der Waals surface area contributed by atoms with Crippen LogP contribution in [-0.4, -0.2) is 58.1 Å². The number of carbonyl (C=O) groups is 1. The van der Waals surface area contributed by atoms with E-state index in [9.17, 15) is 4.79 Å². The molecule has 4 rings (SSSR count). The number of rotatable bonds is 3. The molecule has 2 aromatic heterocycles. The molecule has 0 N–H and O–H groups in total. The van der Waals surface area contributed by atoms with Crippen molar-refractivity contribution in [1.29, 1.82) is 0 Å². The molecule has 23 heavy (non-hydrogen) atoms. The van der Waals surface area contributed by atoms with Crippen LogP contribution >= 0.6 is 0 Å². The minimum absolute atomic E-state index is 0.0735. The molecule has 0 aromatic carbocycles. The van der Waals surface area contributed by atoms with Crippen molar-refractivity contribution in [1.82, 2.24) is 19.9 Å². The van der Waals surface area contributed by atoms with Gasteiger partial charge in [0.05, 0.1) is 16.6 Å². The number of nitrogens with zero attached hydrogens (tertiary/aromatic N) is 4. The number of aryl methyl sites for hydroxylation is 1. The van der Waals surface area contributed by atoms with Crippen LogP contribution in [0.1, 0.15) is 42.2 Å². The van der Waals surface area contributed by atoms with Crippen molar-refractivity contribution < 1.29 is 9.32 Å². The van der Waals surface area contributed by atoms with Crippen LogP contribution in [0.5, 0.6) is 0 Å². The first kappa shape index (κ1) is 14.6. The van der Waals surface area contributed by atoms with Gasteiger partial charge in [-0.1, -0.05) is 12.1 Å². The van der Waals surface area contributed by atoms with E-state index in [1.165, 1.54) is 25.9 Å². The predicted octanol–water partition coefficient (Wildman–Crippen LogP) is 2.10. The molecule has 0 aliphatic carbocycles. The first-order valence-electron chi connectivity index (χ1n) is 8.54. The molecule has 2 fully saturated rings. The van der Waals surface area contributed by atoms with E-state index < -0.39 is 0 Å². The lowest BCUT2D eigenvalue weighted by atomic mass is 10.1. The van der Waals surface area contributed by atoms with E-state index >= 15 is 0 Å². The van der Waals surface area contributed by atoms with Gasteiger partial charge in [0.25, 0.3) is 11.6 Å². The van der Waals surface area contributed by atoms with E-state index in [4.69, 9.17) is 4.52 Å². The minimum Gasteiger partial charge on any atom is -0.337 e. The molecule has 122 valence electrons. The van der Waals surface area contributed by atoms with E-state index in [1.54, 1.807) is 6.20 Å². The zero-order valence-electron chi connectivity index (χ0n) is 13.5. The predicted molar refractivity (Wildman–Crippen MR) is 86.3 cm³/mol. The van der Waals surface area contributed by atoms with Gasteiger partial charge in [-0.3, -0.25) is 9.69 Å². The van der Waals surface area contributed by atoms with Gasteiger partial charge in [0.15, 0.2) is 0 Å². The zero-order chi connectivity index (χ0) is 15.8. The van der Waals surface area contributed by atoms with E-state index in [2.05, 4.69) is 15.0 Å². The summed E-state index contributed by atoms with van der Waals surface area (Å²) in [5, 5.41) is 4.86.